The third kappa shape index (κ3) is 3.84. The number of carbonyl (C=O) groups excluding carboxylic acids is 2. The SMILES string of the molecule is O=C1C(=O)N(c2nc3ccc(Cl)cc3s2)[C@H](c2ccc(Br)cc2)/C1=C(\O)c1ccc2c(c1)OCCO2. The number of aliphatic hydroxyl groups is 1. The van der Waals surface area contributed by atoms with Crippen LogP contribution in [0.5, 0.6) is 11.5 Å². The molecule has 10 heteroatoms. The Morgan fingerprint density at radius 1 is 1.03 bits per heavy atom. The van der Waals surface area contributed by atoms with Crippen LogP contribution in [0.3, 0.4) is 0 Å². The van der Waals surface area contributed by atoms with Gasteiger partial charge in [-0.05, 0) is 54.1 Å². The second kappa shape index (κ2) is 8.92. The van der Waals surface area contributed by atoms with Gasteiger partial charge in [0.2, 0.25) is 0 Å². The summed E-state index contributed by atoms with van der Waals surface area (Å²) in [7, 11) is 0. The van der Waals surface area contributed by atoms with E-state index in [1.54, 1.807) is 48.5 Å². The molecule has 4 aromatic rings. The molecule has 1 aromatic heterocycles. The predicted molar refractivity (Wildman–Crippen MR) is 141 cm³/mol. The van der Waals surface area contributed by atoms with Crippen molar-refractivity contribution in [2.24, 2.45) is 0 Å². The Kier molecular flexibility index (Phi) is 5.70. The molecule has 180 valence electrons. The van der Waals surface area contributed by atoms with Crippen LogP contribution in [0.15, 0.2) is 70.7 Å². The van der Waals surface area contributed by atoms with Crippen molar-refractivity contribution < 1.29 is 24.2 Å². The summed E-state index contributed by atoms with van der Waals surface area (Å²) in [5.74, 6) is -0.858. The average Bonchev–Trinajstić information content (AvgIpc) is 3.41. The number of hydrogen-bond acceptors (Lipinski definition) is 7. The molecule has 1 fully saturated rings. The minimum absolute atomic E-state index is 0.0312. The van der Waals surface area contributed by atoms with E-state index in [-0.39, 0.29) is 11.3 Å². The maximum Gasteiger partial charge on any atom is 0.301 e. The number of fused-ring (bicyclic) bond motifs is 2. The molecule has 0 aliphatic carbocycles. The van der Waals surface area contributed by atoms with Crippen LogP contribution in [0, 0.1) is 0 Å². The van der Waals surface area contributed by atoms with Gasteiger partial charge in [0.05, 0.1) is 21.8 Å². The highest BCUT2D eigenvalue weighted by molar-refractivity contribution is 9.10. The predicted octanol–water partition coefficient (Wildman–Crippen LogP) is 6.11. The van der Waals surface area contributed by atoms with Gasteiger partial charge >= 0.3 is 5.91 Å². The fourth-order valence-electron chi connectivity index (χ4n) is 4.33. The van der Waals surface area contributed by atoms with Crippen molar-refractivity contribution in [2.75, 3.05) is 18.1 Å². The molecule has 3 aromatic carbocycles. The van der Waals surface area contributed by atoms with Gasteiger partial charge in [-0.2, -0.15) is 0 Å². The summed E-state index contributed by atoms with van der Waals surface area (Å²) in [5.41, 5.74) is 1.61. The van der Waals surface area contributed by atoms with E-state index in [0.717, 1.165) is 9.17 Å². The second-order valence-electron chi connectivity index (χ2n) is 8.19. The number of aliphatic hydroxyl groups excluding tert-OH is 1. The molecule has 0 saturated carbocycles. The fourth-order valence-corrected chi connectivity index (χ4v) is 5.86. The fraction of sp³-hybridized carbons (Fsp3) is 0.115. The molecule has 1 N–H and O–H groups in total. The smallest absolute Gasteiger partial charge is 0.301 e. The molecular formula is C26H16BrClN2O5S. The lowest BCUT2D eigenvalue weighted by Gasteiger charge is -2.23. The van der Waals surface area contributed by atoms with E-state index >= 15 is 0 Å². The molecule has 2 aliphatic rings. The quantitative estimate of drug-likeness (QED) is 0.178. The van der Waals surface area contributed by atoms with Crippen LogP contribution >= 0.6 is 38.9 Å². The minimum atomic E-state index is -0.887. The number of thiazole rings is 1. The number of nitrogens with zero attached hydrogens (tertiary/aromatic N) is 2. The average molecular weight is 584 g/mol. The first-order chi connectivity index (χ1) is 17.4. The number of aromatic nitrogens is 1. The van der Waals surface area contributed by atoms with Crippen LogP contribution in [-0.4, -0.2) is 35.0 Å². The number of ketones is 1. The Labute approximate surface area is 222 Å². The number of halogens is 2. The zero-order chi connectivity index (χ0) is 25.0. The first kappa shape index (κ1) is 23.0. The number of carbonyl (C=O) groups is 2. The third-order valence-corrected chi connectivity index (χ3v) is 7.77. The van der Waals surface area contributed by atoms with Gasteiger partial charge in [-0.1, -0.05) is 51.0 Å². The Morgan fingerprint density at radius 2 is 1.78 bits per heavy atom. The summed E-state index contributed by atoms with van der Waals surface area (Å²) in [6.45, 7) is 0.808. The number of ether oxygens (including phenoxy) is 2. The third-order valence-electron chi connectivity index (χ3n) is 5.99. The van der Waals surface area contributed by atoms with Gasteiger partial charge < -0.3 is 14.6 Å². The number of amides is 1. The number of hydrogen-bond donors (Lipinski definition) is 1. The van der Waals surface area contributed by atoms with Crippen LogP contribution in [0.2, 0.25) is 5.02 Å². The lowest BCUT2D eigenvalue weighted by atomic mass is 9.95. The van der Waals surface area contributed by atoms with E-state index in [4.69, 9.17) is 21.1 Å². The molecule has 2 aliphatic heterocycles. The first-order valence-corrected chi connectivity index (χ1v) is 12.9. The minimum Gasteiger partial charge on any atom is -0.507 e. The Bertz CT molecular complexity index is 1580. The van der Waals surface area contributed by atoms with Crippen LogP contribution in [-0.2, 0) is 9.59 Å². The first-order valence-electron chi connectivity index (χ1n) is 10.9. The summed E-state index contributed by atoms with van der Waals surface area (Å²) >= 11 is 10.8. The topological polar surface area (TPSA) is 89.0 Å². The van der Waals surface area contributed by atoms with E-state index in [1.165, 1.54) is 16.2 Å². The Balaban J connectivity index is 1.54. The van der Waals surface area contributed by atoms with Crippen LogP contribution in [0.25, 0.3) is 16.0 Å². The van der Waals surface area contributed by atoms with E-state index in [1.807, 2.05) is 12.1 Å². The largest absolute Gasteiger partial charge is 0.507 e. The van der Waals surface area contributed by atoms with Crippen molar-refractivity contribution in [1.82, 2.24) is 4.98 Å². The molecule has 1 amide bonds. The summed E-state index contributed by atoms with van der Waals surface area (Å²) in [6, 6.07) is 16.5. The van der Waals surface area contributed by atoms with Crippen molar-refractivity contribution in [3.63, 3.8) is 0 Å². The van der Waals surface area contributed by atoms with E-state index < -0.39 is 17.7 Å². The van der Waals surface area contributed by atoms with Crippen LogP contribution in [0.1, 0.15) is 17.2 Å². The van der Waals surface area contributed by atoms with Gasteiger partial charge in [0.25, 0.3) is 5.78 Å². The second-order valence-corrected chi connectivity index (χ2v) is 10.5. The van der Waals surface area contributed by atoms with Crippen molar-refractivity contribution in [3.05, 3.63) is 86.9 Å². The van der Waals surface area contributed by atoms with Gasteiger partial charge in [-0.25, -0.2) is 4.98 Å². The van der Waals surface area contributed by atoms with Crippen molar-refractivity contribution in [1.29, 1.82) is 0 Å². The molecule has 6 rings (SSSR count). The lowest BCUT2D eigenvalue weighted by molar-refractivity contribution is -0.132. The van der Waals surface area contributed by atoms with Crippen LogP contribution in [0.4, 0.5) is 5.13 Å². The molecule has 36 heavy (non-hydrogen) atoms. The normalized spacial score (nSPS) is 18.7. The monoisotopic (exact) mass is 582 g/mol. The summed E-state index contributed by atoms with van der Waals surface area (Å²) < 4.78 is 12.8. The summed E-state index contributed by atoms with van der Waals surface area (Å²) in [5, 5.41) is 12.3. The van der Waals surface area contributed by atoms with E-state index in [2.05, 4.69) is 20.9 Å². The molecule has 0 bridgehead atoms. The standard InChI is InChI=1S/C26H16BrClN2O5S/c27-15-4-1-13(2-5-15)22-21(23(31)14-3-8-18-19(11-14)35-10-9-34-18)24(32)25(33)30(22)26-29-17-7-6-16(28)12-20(17)36-26/h1-8,11-12,22,31H,9-10H2/b23-21+/t22-/m1/s1. The van der Waals surface area contributed by atoms with Crippen LogP contribution < -0.4 is 14.4 Å². The molecule has 1 saturated heterocycles. The maximum absolute atomic E-state index is 13.4. The highest BCUT2D eigenvalue weighted by atomic mass is 79.9. The number of rotatable bonds is 3. The number of Topliss-reactive ketones (excluding diaryl/α,β-unsaturated/α-hetero) is 1. The molecular weight excluding hydrogens is 568 g/mol. The Morgan fingerprint density at radius 3 is 2.56 bits per heavy atom. The zero-order valence-electron chi connectivity index (χ0n) is 18.4. The Hall–Kier alpha value is -3.40. The van der Waals surface area contributed by atoms with Crippen molar-refractivity contribution in [3.8, 4) is 11.5 Å². The molecule has 0 unspecified atom stereocenters. The van der Waals surface area contributed by atoms with Gasteiger partial charge in [0.1, 0.15) is 19.0 Å². The van der Waals surface area contributed by atoms with Gasteiger partial charge in [-0.15, -0.1) is 0 Å². The van der Waals surface area contributed by atoms with Gasteiger partial charge in [0.15, 0.2) is 16.6 Å². The molecule has 1 atom stereocenters. The molecule has 7 nitrogen and oxygen atoms in total. The summed E-state index contributed by atoms with van der Waals surface area (Å²) in [6.07, 6.45) is 0. The maximum atomic E-state index is 13.4. The highest BCUT2D eigenvalue weighted by Crippen LogP contribution is 2.45. The summed E-state index contributed by atoms with van der Waals surface area (Å²) in [4.78, 5) is 32.7. The number of anilines is 1. The highest BCUT2D eigenvalue weighted by Gasteiger charge is 2.48. The van der Waals surface area contributed by atoms with E-state index in [9.17, 15) is 14.7 Å². The van der Waals surface area contributed by atoms with Crippen molar-refractivity contribution in [2.45, 2.75) is 6.04 Å². The zero-order valence-corrected chi connectivity index (χ0v) is 21.6. The number of benzene rings is 3. The van der Waals surface area contributed by atoms with Gasteiger partial charge in [0, 0.05) is 15.1 Å². The lowest BCUT2D eigenvalue weighted by Crippen LogP contribution is -2.29. The van der Waals surface area contributed by atoms with E-state index in [0.29, 0.717) is 51.5 Å². The molecule has 0 radical (unpaired) electrons. The molecule has 0 spiro atoms. The van der Waals surface area contributed by atoms with Gasteiger partial charge in [-0.3, -0.25) is 14.5 Å². The molecule has 3 heterocycles. The van der Waals surface area contributed by atoms with Crippen molar-refractivity contribution >= 4 is 71.7 Å².